The smallest absolute Gasteiger partial charge is 0.408 e. The monoisotopic (exact) mass is 310 g/mol. The maximum Gasteiger partial charge on any atom is 0.408 e. The van der Waals surface area contributed by atoms with Crippen molar-refractivity contribution in [2.45, 2.75) is 32.9 Å². The molecule has 0 aliphatic heterocycles. The largest absolute Gasteiger partial charge is 0.480 e. The fraction of sp³-hybridized carbons (Fsp3) is 0.429. The molecule has 8 nitrogen and oxygen atoms in total. The quantitative estimate of drug-likeness (QED) is 0.589. The van der Waals surface area contributed by atoms with Gasteiger partial charge < -0.3 is 15.2 Å². The summed E-state index contributed by atoms with van der Waals surface area (Å²) in [6, 6.07) is 4.52. The van der Waals surface area contributed by atoms with E-state index in [2.05, 4.69) is 5.32 Å². The topological polar surface area (TPSA) is 119 Å². The molecule has 0 aliphatic carbocycles. The minimum atomic E-state index is -1.12. The molecule has 0 saturated carbocycles. The molecule has 0 fully saturated rings. The van der Waals surface area contributed by atoms with Gasteiger partial charge in [0.15, 0.2) is 0 Å². The normalized spacial score (nSPS) is 13.0. The van der Waals surface area contributed by atoms with E-state index < -0.39 is 23.0 Å². The van der Waals surface area contributed by atoms with E-state index in [1.54, 1.807) is 6.92 Å². The van der Waals surface area contributed by atoms with Gasteiger partial charge in [0, 0.05) is 12.1 Å². The van der Waals surface area contributed by atoms with Crippen LogP contribution in [0.4, 0.5) is 10.5 Å². The van der Waals surface area contributed by atoms with Crippen LogP contribution in [0.15, 0.2) is 24.3 Å². The van der Waals surface area contributed by atoms with Gasteiger partial charge in [0.1, 0.15) is 12.6 Å². The van der Waals surface area contributed by atoms with Crippen molar-refractivity contribution >= 4 is 17.7 Å². The number of carbonyl (C=O) groups is 2. The fourth-order valence-electron chi connectivity index (χ4n) is 1.71. The molecule has 1 rings (SSSR count). The number of hydrogen-bond donors (Lipinski definition) is 2. The average Bonchev–Trinajstić information content (AvgIpc) is 2.49. The lowest BCUT2D eigenvalue weighted by molar-refractivity contribution is -0.384. The summed E-state index contributed by atoms with van der Waals surface area (Å²) in [6.45, 7) is 3.44. The van der Waals surface area contributed by atoms with E-state index in [9.17, 15) is 19.7 Å². The zero-order valence-corrected chi connectivity index (χ0v) is 12.3. The fourth-order valence-corrected chi connectivity index (χ4v) is 1.71. The summed E-state index contributed by atoms with van der Waals surface area (Å²) in [4.78, 5) is 32.7. The zero-order chi connectivity index (χ0) is 16.7. The van der Waals surface area contributed by atoms with E-state index >= 15 is 0 Å². The van der Waals surface area contributed by atoms with Crippen molar-refractivity contribution in [1.29, 1.82) is 0 Å². The molecule has 1 aromatic carbocycles. The van der Waals surface area contributed by atoms with E-state index in [0.29, 0.717) is 12.0 Å². The molecule has 0 bridgehead atoms. The summed E-state index contributed by atoms with van der Waals surface area (Å²) in [7, 11) is 0. The van der Waals surface area contributed by atoms with Crippen molar-refractivity contribution in [1.82, 2.24) is 5.32 Å². The SMILES string of the molecule is CC[C@H](C)[C@H](NC(=O)OCc1ccc([N+](=O)[O-])cc1)C(=O)O. The number of amides is 1. The number of carbonyl (C=O) groups excluding carboxylic acids is 1. The molecule has 0 unspecified atom stereocenters. The number of rotatable bonds is 7. The lowest BCUT2D eigenvalue weighted by Crippen LogP contribution is -2.45. The van der Waals surface area contributed by atoms with Gasteiger partial charge in [-0.1, -0.05) is 20.3 Å². The van der Waals surface area contributed by atoms with Crippen molar-refractivity contribution in [3.63, 3.8) is 0 Å². The van der Waals surface area contributed by atoms with E-state index in [1.807, 2.05) is 6.92 Å². The van der Waals surface area contributed by atoms with Crippen LogP contribution in [0.25, 0.3) is 0 Å². The van der Waals surface area contributed by atoms with Gasteiger partial charge in [-0.05, 0) is 23.6 Å². The molecular formula is C14H18N2O6. The lowest BCUT2D eigenvalue weighted by Gasteiger charge is -2.19. The molecular weight excluding hydrogens is 292 g/mol. The third-order valence-electron chi connectivity index (χ3n) is 3.27. The van der Waals surface area contributed by atoms with Gasteiger partial charge in [-0.25, -0.2) is 9.59 Å². The maximum atomic E-state index is 11.6. The Kier molecular flexibility index (Phi) is 6.30. The van der Waals surface area contributed by atoms with Crippen molar-refractivity contribution in [3.05, 3.63) is 39.9 Å². The molecule has 120 valence electrons. The third kappa shape index (κ3) is 5.04. The van der Waals surface area contributed by atoms with Gasteiger partial charge in [0.05, 0.1) is 4.92 Å². The predicted molar refractivity (Wildman–Crippen MR) is 77.3 cm³/mol. The van der Waals surface area contributed by atoms with Gasteiger partial charge in [-0.15, -0.1) is 0 Å². The number of nitro benzene ring substituents is 1. The number of ether oxygens (including phenoxy) is 1. The molecule has 0 aliphatic rings. The molecule has 0 saturated heterocycles. The Hall–Kier alpha value is -2.64. The van der Waals surface area contributed by atoms with Crippen LogP contribution in [0.5, 0.6) is 0 Å². The van der Waals surface area contributed by atoms with Gasteiger partial charge in [-0.2, -0.15) is 0 Å². The first kappa shape index (κ1) is 17.4. The number of nitro groups is 1. The minimum Gasteiger partial charge on any atom is -0.480 e. The van der Waals surface area contributed by atoms with Crippen molar-refractivity contribution in [3.8, 4) is 0 Å². The van der Waals surface area contributed by atoms with Gasteiger partial charge >= 0.3 is 12.1 Å². The summed E-state index contributed by atoms with van der Waals surface area (Å²) in [6.07, 6.45) is -0.245. The van der Waals surface area contributed by atoms with Crippen molar-refractivity contribution in [2.24, 2.45) is 5.92 Å². The maximum absolute atomic E-state index is 11.6. The zero-order valence-electron chi connectivity index (χ0n) is 12.3. The molecule has 0 heterocycles. The number of benzene rings is 1. The number of hydrogen-bond acceptors (Lipinski definition) is 5. The van der Waals surface area contributed by atoms with Gasteiger partial charge in [0.2, 0.25) is 0 Å². The number of alkyl carbamates (subject to hydrolysis) is 1. The van der Waals surface area contributed by atoms with Crippen LogP contribution in [-0.4, -0.2) is 28.1 Å². The second-order valence-corrected chi connectivity index (χ2v) is 4.85. The summed E-state index contributed by atoms with van der Waals surface area (Å²) in [5.74, 6) is -1.36. The van der Waals surface area contributed by atoms with Gasteiger partial charge in [0.25, 0.3) is 5.69 Å². The number of nitrogens with zero attached hydrogens (tertiary/aromatic N) is 1. The first-order valence-corrected chi connectivity index (χ1v) is 6.74. The molecule has 0 aromatic heterocycles. The first-order chi connectivity index (χ1) is 10.3. The highest BCUT2D eigenvalue weighted by Crippen LogP contribution is 2.13. The average molecular weight is 310 g/mol. The first-order valence-electron chi connectivity index (χ1n) is 6.74. The highest BCUT2D eigenvalue weighted by atomic mass is 16.6. The molecule has 0 spiro atoms. The van der Waals surface area contributed by atoms with Crippen LogP contribution in [0.1, 0.15) is 25.8 Å². The number of nitrogens with one attached hydrogen (secondary N) is 1. The Bertz CT molecular complexity index is 543. The molecule has 1 amide bonds. The second-order valence-electron chi connectivity index (χ2n) is 4.85. The Labute approximate surface area is 127 Å². The van der Waals surface area contributed by atoms with E-state index in [1.165, 1.54) is 24.3 Å². The Balaban J connectivity index is 2.54. The highest BCUT2D eigenvalue weighted by molar-refractivity contribution is 5.80. The summed E-state index contributed by atoms with van der Waals surface area (Å²) in [5, 5.41) is 21.9. The summed E-state index contributed by atoms with van der Waals surface area (Å²) in [5.41, 5.74) is 0.507. The minimum absolute atomic E-state index is 0.0593. The lowest BCUT2D eigenvalue weighted by atomic mass is 10.00. The molecule has 8 heteroatoms. The molecule has 2 N–H and O–H groups in total. The number of aliphatic carboxylic acids is 1. The highest BCUT2D eigenvalue weighted by Gasteiger charge is 2.25. The number of carboxylic acid groups (broad SMARTS) is 1. The van der Waals surface area contributed by atoms with E-state index in [0.717, 1.165) is 0 Å². The number of non-ortho nitro benzene ring substituents is 1. The standard InChI is InChI=1S/C14H18N2O6/c1-3-9(2)12(13(17)18)15-14(19)22-8-10-4-6-11(7-5-10)16(20)21/h4-7,9,12H,3,8H2,1-2H3,(H,15,19)(H,17,18)/t9-,12-/m0/s1. The molecule has 2 atom stereocenters. The summed E-state index contributed by atoms with van der Waals surface area (Å²) >= 11 is 0. The van der Waals surface area contributed by atoms with Gasteiger partial charge in [-0.3, -0.25) is 10.1 Å². The van der Waals surface area contributed by atoms with Crippen LogP contribution >= 0.6 is 0 Å². The van der Waals surface area contributed by atoms with Crippen molar-refractivity contribution in [2.75, 3.05) is 0 Å². The van der Waals surface area contributed by atoms with Crippen LogP contribution in [0.3, 0.4) is 0 Å². The van der Waals surface area contributed by atoms with Crippen LogP contribution in [0.2, 0.25) is 0 Å². The Morgan fingerprint density at radius 1 is 1.36 bits per heavy atom. The third-order valence-corrected chi connectivity index (χ3v) is 3.27. The predicted octanol–water partition coefficient (Wildman–Crippen LogP) is 2.32. The number of carboxylic acids is 1. The molecule has 1 aromatic rings. The Morgan fingerprint density at radius 3 is 2.41 bits per heavy atom. The summed E-state index contributed by atoms with van der Waals surface area (Å²) < 4.78 is 4.92. The Morgan fingerprint density at radius 2 is 1.95 bits per heavy atom. The molecule has 22 heavy (non-hydrogen) atoms. The van der Waals surface area contributed by atoms with E-state index in [-0.39, 0.29) is 18.2 Å². The van der Waals surface area contributed by atoms with Crippen LogP contribution in [-0.2, 0) is 16.1 Å². The van der Waals surface area contributed by atoms with E-state index in [4.69, 9.17) is 9.84 Å². The van der Waals surface area contributed by atoms with Crippen molar-refractivity contribution < 1.29 is 24.4 Å². The molecule has 0 radical (unpaired) electrons. The second kappa shape index (κ2) is 7.96. The van der Waals surface area contributed by atoms with Crippen LogP contribution in [0, 0.1) is 16.0 Å². The van der Waals surface area contributed by atoms with Crippen LogP contribution < -0.4 is 5.32 Å².